The Bertz CT molecular complexity index is 675. The lowest BCUT2D eigenvalue weighted by Gasteiger charge is -2.21. The maximum Gasteiger partial charge on any atom is 0.310 e. The summed E-state index contributed by atoms with van der Waals surface area (Å²) >= 11 is 0. The van der Waals surface area contributed by atoms with E-state index in [1.807, 2.05) is 18.2 Å². The fourth-order valence-corrected chi connectivity index (χ4v) is 3.26. The molecule has 1 aromatic carbocycles. The lowest BCUT2D eigenvalue weighted by Crippen LogP contribution is -2.41. The van der Waals surface area contributed by atoms with E-state index in [0.717, 1.165) is 24.5 Å². The predicted octanol–water partition coefficient (Wildman–Crippen LogP) is 0.905. The van der Waals surface area contributed by atoms with Gasteiger partial charge in [0.25, 0.3) is 5.91 Å². The van der Waals surface area contributed by atoms with Crippen LogP contribution < -0.4 is 10.6 Å². The molecule has 0 aliphatic carbocycles. The summed E-state index contributed by atoms with van der Waals surface area (Å²) in [5, 5.41) is 5.98. The highest BCUT2D eigenvalue weighted by Gasteiger charge is 2.36. The van der Waals surface area contributed by atoms with Crippen LogP contribution in [-0.4, -0.2) is 63.6 Å². The number of hydrogen-bond acceptors (Lipinski definition) is 4. The van der Waals surface area contributed by atoms with Crippen molar-refractivity contribution in [3.05, 3.63) is 35.4 Å². The second kappa shape index (κ2) is 9.22. The third-order valence-electron chi connectivity index (χ3n) is 4.74. The van der Waals surface area contributed by atoms with Crippen LogP contribution in [-0.2, 0) is 16.0 Å². The summed E-state index contributed by atoms with van der Waals surface area (Å²) < 4.78 is 4.89. The topological polar surface area (TPSA) is 83.0 Å². The SMILES string of the molecule is CN=C(NCCc1cccc(C(=O)NC)c1)N1CC(C)C(C(=O)OC)C1. The van der Waals surface area contributed by atoms with Gasteiger partial charge in [0, 0.05) is 39.3 Å². The van der Waals surface area contributed by atoms with Gasteiger partial charge in [-0.05, 0) is 30.0 Å². The number of ether oxygens (including phenoxy) is 1. The van der Waals surface area contributed by atoms with E-state index in [9.17, 15) is 9.59 Å². The smallest absolute Gasteiger partial charge is 0.310 e. The van der Waals surface area contributed by atoms with Crippen LogP contribution in [0.3, 0.4) is 0 Å². The van der Waals surface area contributed by atoms with Crippen molar-refractivity contribution in [1.29, 1.82) is 0 Å². The number of carbonyl (C=O) groups excluding carboxylic acids is 2. The molecule has 2 unspecified atom stereocenters. The van der Waals surface area contributed by atoms with Gasteiger partial charge in [0.1, 0.15) is 0 Å². The number of benzene rings is 1. The van der Waals surface area contributed by atoms with E-state index < -0.39 is 0 Å². The van der Waals surface area contributed by atoms with Crippen LogP contribution in [0.1, 0.15) is 22.8 Å². The maximum absolute atomic E-state index is 11.8. The number of nitrogens with one attached hydrogen (secondary N) is 2. The van der Waals surface area contributed by atoms with Gasteiger partial charge < -0.3 is 20.3 Å². The summed E-state index contributed by atoms with van der Waals surface area (Å²) in [6.07, 6.45) is 0.772. The molecule has 142 valence electrons. The van der Waals surface area contributed by atoms with Crippen molar-refractivity contribution in [2.24, 2.45) is 16.8 Å². The monoisotopic (exact) mass is 360 g/mol. The van der Waals surface area contributed by atoms with Gasteiger partial charge in [-0.15, -0.1) is 0 Å². The number of amides is 1. The molecule has 0 radical (unpaired) electrons. The van der Waals surface area contributed by atoms with Crippen molar-refractivity contribution in [3.8, 4) is 0 Å². The third kappa shape index (κ3) is 4.74. The van der Waals surface area contributed by atoms with E-state index in [4.69, 9.17) is 4.74 Å². The summed E-state index contributed by atoms with van der Waals surface area (Å²) in [5.41, 5.74) is 1.74. The highest BCUT2D eigenvalue weighted by molar-refractivity contribution is 5.94. The zero-order valence-electron chi connectivity index (χ0n) is 15.9. The summed E-state index contributed by atoms with van der Waals surface area (Å²) in [7, 11) is 4.79. The van der Waals surface area contributed by atoms with Gasteiger partial charge in [0.15, 0.2) is 5.96 Å². The number of esters is 1. The molecular formula is C19H28N4O3. The molecule has 1 aromatic rings. The molecule has 7 nitrogen and oxygen atoms in total. The number of guanidine groups is 1. The molecule has 0 aromatic heterocycles. The van der Waals surface area contributed by atoms with E-state index in [1.54, 1.807) is 20.2 Å². The molecule has 2 atom stereocenters. The highest BCUT2D eigenvalue weighted by atomic mass is 16.5. The largest absolute Gasteiger partial charge is 0.469 e. The zero-order chi connectivity index (χ0) is 19.1. The zero-order valence-corrected chi connectivity index (χ0v) is 15.9. The number of carbonyl (C=O) groups is 2. The summed E-state index contributed by atoms with van der Waals surface area (Å²) in [4.78, 5) is 30.0. The van der Waals surface area contributed by atoms with Gasteiger partial charge in [-0.3, -0.25) is 14.6 Å². The Hall–Kier alpha value is -2.57. The fourth-order valence-electron chi connectivity index (χ4n) is 3.26. The van der Waals surface area contributed by atoms with Crippen molar-refractivity contribution in [3.63, 3.8) is 0 Å². The fraction of sp³-hybridized carbons (Fsp3) is 0.526. The number of methoxy groups -OCH3 is 1. The molecule has 1 heterocycles. The summed E-state index contributed by atoms with van der Waals surface area (Å²) in [6.45, 7) is 4.13. The van der Waals surface area contributed by atoms with Gasteiger partial charge >= 0.3 is 5.97 Å². The molecule has 0 bridgehead atoms. The van der Waals surface area contributed by atoms with Crippen molar-refractivity contribution < 1.29 is 14.3 Å². The molecule has 0 saturated carbocycles. The summed E-state index contributed by atoms with van der Waals surface area (Å²) in [5.74, 6) is 0.635. The van der Waals surface area contributed by atoms with Crippen LogP contribution in [0.5, 0.6) is 0 Å². The quantitative estimate of drug-likeness (QED) is 0.463. The van der Waals surface area contributed by atoms with Crippen molar-refractivity contribution in [2.45, 2.75) is 13.3 Å². The first-order valence-electron chi connectivity index (χ1n) is 8.84. The van der Waals surface area contributed by atoms with Crippen LogP contribution >= 0.6 is 0 Å². The minimum absolute atomic E-state index is 0.0875. The molecule has 1 saturated heterocycles. The Labute approximate surface area is 154 Å². The molecule has 2 rings (SSSR count). The van der Waals surface area contributed by atoms with Crippen LogP contribution in [0.15, 0.2) is 29.3 Å². The Morgan fingerprint density at radius 2 is 2.12 bits per heavy atom. The van der Waals surface area contributed by atoms with Gasteiger partial charge in [-0.1, -0.05) is 19.1 Å². The number of aliphatic imine (C=N–C) groups is 1. The second-order valence-electron chi connectivity index (χ2n) is 6.52. The Morgan fingerprint density at radius 3 is 2.77 bits per heavy atom. The predicted molar refractivity (Wildman–Crippen MR) is 101 cm³/mol. The normalized spacial score (nSPS) is 20.0. The number of rotatable bonds is 5. The first-order valence-corrected chi connectivity index (χ1v) is 8.84. The average Bonchev–Trinajstić information content (AvgIpc) is 3.05. The lowest BCUT2D eigenvalue weighted by molar-refractivity contribution is -0.145. The molecule has 1 aliphatic heterocycles. The molecular weight excluding hydrogens is 332 g/mol. The standard InChI is InChI=1S/C19H28N4O3/c1-13-11-23(12-16(13)18(25)26-4)19(21-3)22-9-8-14-6-5-7-15(10-14)17(24)20-2/h5-7,10,13,16H,8-9,11-12H2,1-4H3,(H,20,24)(H,21,22). The van der Waals surface area contributed by atoms with E-state index in [1.165, 1.54) is 7.11 Å². The van der Waals surface area contributed by atoms with Crippen LogP contribution in [0.25, 0.3) is 0 Å². The van der Waals surface area contributed by atoms with Gasteiger partial charge in [-0.2, -0.15) is 0 Å². The van der Waals surface area contributed by atoms with Crippen molar-refractivity contribution in [2.75, 3.05) is 40.8 Å². The van der Waals surface area contributed by atoms with Crippen LogP contribution in [0.4, 0.5) is 0 Å². The molecule has 1 fully saturated rings. The van der Waals surface area contributed by atoms with E-state index >= 15 is 0 Å². The lowest BCUT2D eigenvalue weighted by atomic mass is 9.99. The highest BCUT2D eigenvalue weighted by Crippen LogP contribution is 2.24. The number of likely N-dealkylation sites (tertiary alicyclic amines) is 1. The van der Waals surface area contributed by atoms with Gasteiger partial charge in [0.05, 0.1) is 13.0 Å². The third-order valence-corrected chi connectivity index (χ3v) is 4.74. The van der Waals surface area contributed by atoms with Gasteiger partial charge in [0.2, 0.25) is 0 Å². The molecule has 0 spiro atoms. The first kappa shape index (κ1) is 19.8. The number of nitrogens with zero attached hydrogens (tertiary/aromatic N) is 2. The van der Waals surface area contributed by atoms with E-state index in [-0.39, 0.29) is 23.7 Å². The molecule has 26 heavy (non-hydrogen) atoms. The van der Waals surface area contributed by atoms with E-state index in [0.29, 0.717) is 18.7 Å². The van der Waals surface area contributed by atoms with E-state index in [2.05, 4.69) is 27.4 Å². The average molecular weight is 360 g/mol. The Balaban J connectivity index is 1.90. The van der Waals surface area contributed by atoms with Crippen LogP contribution in [0.2, 0.25) is 0 Å². The second-order valence-corrected chi connectivity index (χ2v) is 6.52. The van der Waals surface area contributed by atoms with Crippen LogP contribution in [0, 0.1) is 11.8 Å². The number of hydrogen-bond donors (Lipinski definition) is 2. The van der Waals surface area contributed by atoms with Gasteiger partial charge in [-0.25, -0.2) is 0 Å². The Kier molecular flexibility index (Phi) is 7.00. The maximum atomic E-state index is 11.8. The van der Waals surface area contributed by atoms with Crippen molar-refractivity contribution in [1.82, 2.24) is 15.5 Å². The minimum atomic E-state index is -0.165. The molecule has 1 aliphatic rings. The van der Waals surface area contributed by atoms with Crippen molar-refractivity contribution >= 4 is 17.8 Å². The summed E-state index contributed by atoms with van der Waals surface area (Å²) in [6, 6.07) is 7.59. The minimum Gasteiger partial charge on any atom is -0.469 e. The first-order chi connectivity index (χ1) is 12.5. The molecule has 2 N–H and O–H groups in total. The Morgan fingerprint density at radius 1 is 1.35 bits per heavy atom. The molecule has 7 heteroatoms. The molecule has 1 amide bonds.